The van der Waals surface area contributed by atoms with Crippen LogP contribution in [0.1, 0.15) is 63.6 Å². The molecule has 0 saturated carbocycles. The van der Waals surface area contributed by atoms with E-state index in [2.05, 4.69) is 0 Å². The van der Waals surface area contributed by atoms with Gasteiger partial charge >= 0.3 is 5.97 Å². The third-order valence-corrected chi connectivity index (χ3v) is 4.92. The summed E-state index contributed by atoms with van der Waals surface area (Å²) in [5.41, 5.74) is 2.01. The number of furan rings is 1. The zero-order valence-corrected chi connectivity index (χ0v) is 18.9. The van der Waals surface area contributed by atoms with Crippen LogP contribution in [0.15, 0.2) is 28.7 Å². The lowest BCUT2D eigenvalue weighted by atomic mass is 10.0. The van der Waals surface area contributed by atoms with E-state index < -0.39 is 0 Å². The van der Waals surface area contributed by atoms with Crippen molar-refractivity contribution in [3.63, 3.8) is 0 Å². The maximum Gasteiger partial charge on any atom is 0.305 e. The van der Waals surface area contributed by atoms with E-state index in [0.717, 1.165) is 11.1 Å². The standard InChI is InChI=1S/C24H31NO6/c1-6-25(7-2)22(27)14-16(4)18-11-12-20(30-13-9-10-23(28)29-8-3)24-19(18)15-21(31-24)17(5)26/h11-12,14-15H,6-10,13H2,1-5H3. The maximum atomic E-state index is 12.5. The number of likely N-dealkylation sites (N-methyl/N-ethyl adjacent to an activating group) is 1. The van der Waals surface area contributed by atoms with Crippen LogP contribution in [0, 0.1) is 0 Å². The van der Waals surface area contributed by atoms with Gasteiger partial charge in [0.15, 0.2) is 22.9 Å². The van der Waals surface area contributed by atoms with Crippen LogP contribution in [0.3, 0.4) is 0 Å². The Balaban J connectivity index is 2.31. The Morgan fingerprint density at radius 3 is 2.42 bits per heavy atom. The number of rotatable bonds is 11. The van der Waals surface area contributed by atoms with Gasteiger partial charge in [0, 0.05) is 37.9 Å². The largest absolute Gasteiger partial charge is 0.490 e. The van der Waals surface area contributed by atoms with Crippen molar-refractivity contribution in [1.29, 1.82) is 0 Å². The van der Waals surface area contributed by atoms with Crippen molar-refractivity contribution in [2.45, 2.75) is 47.5 Å². The fourth-order valence-corrected chi connectivity index (χ4v) is 3.25. The first-order valence-electron chi connectivity index (χ1n) is 10.7. The molecule has 1 amide bonds. The van der Waals surface area contributed by atoms with Crippen LogP contribution in [0.25, 0.3) is 16.5 Å². The minimum absolute atomic E-state index is 0.0646. The number of benzene rings is 1. The SMILES string of the molecule is CCOC(=O)CCCOc1ccc(C(C)=CC(=O)N(CC)CC)c2cc(C(C)=O)oc12. The van der Waals surface area contributed by atoms with Crippen molar-refractivity contribution in [3.05, 3.63) is 35.6 Å². The van der Waals surface area contributed by atoms with Crippen molar-refractivity contribution in [3.8, 4) is 5.75 Å². The van der Waals surface area contributed by atoms with Crippen LogP contribution in [0.2, 0.25) is 0 Å². The van der Waals surface area contributed by atoms with Gasteiger partial charge in [-0.25, -0.2) is 0 Å². The minimum Gasteiger partial charge on any atom is -0.490 e. The summed E-state index contributed by atoms with van der Waals surface area (Å²) in [7, 11) is 0. The Hall–Kier alpha value is -3.09. The number of esters is 1. The number of nitrogens with zero attached hydrogens (tertiary/aromatic N) is 1. The summed E-state index contributed by atoms with van der Waals surface area (Å²) in [6.45, 7) is 10.9. The monoisotopic (exact) mass is 429 g/mol. The van der Waals surface area contributed by atoms with Gasteiger partial charge in [-0.3, -0.25) is 14.4 Å². The van der Waals surface area contributed by atoms with E-state index in [1.807, 2.05) is 26.8 Å². The van der Waals surface area contributed by atoms with Crippen molar-refractivity contribution < 1.29 is 28.3 Å². The van der Waals surface area contributed by atoms with E-state index >= 15 is 0 Å². The highest BCUT2D eigenvalue weighted by molar-refractivity contribution is 6.03. The number of fused-ring (bicyclic) bond motifs is 1. The summed E-state index contributed by atoms with van der Waals surface area (Å²) < 4.78 is 16.5. The number of hydrogen-bond acceptors (Lipinski definition) is 6. The molecule has 0 aliphatic rings. The van der Waals surface area contributed by atoms with Crippen LogP contribution >= 0.6 is 0 Å². The Morgan fingerprint density at radius 1 is 1.10 bits per heavy atom. The molecule has 1 heterocycles. The molecule has 0 saturated heterocycles. The number of amides is 1. The normalized spacial score (nSPS) is 11.5. The third-order valence-electron chi connectivity index (χ3n) is 4.92. The summed E-state index contributed by atoms with van der Waals surface area (Å²) in [6, 6.07) is 5.29. The summed E-state index contributed by atoms with van der Waals surface area (Å²) in [4.78, 5) is 37.6. The van der Waals surface area contributed by atoms with Gasteiger partial charge in [-0.2, -0.15) is 0 Å². The van der Waals surface area contributed by atoms with E-state index in [1.165, 1.54) is 6.92 Å². The topological polar surface area (TPSA) is 86.0 Å². The Labute approximate surface area is 183 Å². The molecular weight excluding hydrogens is 398 g/mol. The lowest BCUT2D eigenvalue weighted by Gasteiger charge is -2.17. The van der Waals surface area contributed by atoms with Crippen LogP contribution in [0.4, 0.5) is 0 Å². The van der Waals surface area contributed by atoms with Crippen molar-refractivity contribution in [2.75, 3.05) is 26.3 Å². The zero-order chi connectivity index (χ0) is 23.0. The molecule has 0 aliphatic heterocycles. The molecule has 1 aromatic carbocycles. The van der Waals surface area contributed by atoms with Gasteiger partial charge in [0.1, 0.15) is 0 Å². The van der Waals surface area contributed by atoms with Crippen LogP contribution in [0.5, 0.6) is 5.75 Å². The average molecular weight is 430 g/mol. The van der Waals surface area contributed by atoms with Gasteiger partial charge in [-0.15, -0.1) is 0 Å². The summed E-state index contributed by atoms with van der Waals surface area (Å²) in [6.07, 6.45) is 2.36. The predicted octanol–water partition coefficient (Wildman–Crippen LogP) is 4.63. The van der Waals surface area contributed by atoms with Crippen LogP contribution < -0.4 is 4.74 Å². The van der Waals surface area contributed by atoms with E-state index in [0.29, 0.717) is 49.4 Å². The highest BCUT2D eigenvalue weighted by atomic mass is 16.5. The molecule has 1 aromatic heterocycles. The molecule has 168 valence electrons. The highest BCUT2D eigenvalue weighted by Gasteiger charge is 2.17. The second-order valence-corrected chi connectivity index (χ2v) is 7.12. The van der Waals surface area contributed by atoms with Crippen molar-refractivity contribution in [1.82, 2.24) is 4.90 Å². The van der Waals surface area contributed by atoms with Gasteiger partial charge in [-0.05, 0) is 57.4 Å². The number of hydrogen-bond donors (Lipinski definition) is 0. The fraction of sp³-hybridized carbons (Fsp3) is 0.458. The van der Waals surface area contributed by atoms with Gasteiger partial charge in [0.2, 0.25) is 5.91 Å². The van der Waals surface area contributed by atoms with Gasteiger partial charge in [-0.1, -0.05) is 6.07 Å². The van der Waals surface area contributed by atoms with E-state index in [9.17, 15) is 14.4 Å². The molecule has 2 rings (SSSR count). The molecule has 0 unspecified atom stereocenters. The predicted molar refractivity (Wildman–Crippen MR) is 119 cm³/mol. The third kappa shape index (κ3) is 6.20. The molecule has 0 radical (unpaired) electrons. The van der Waals surface area contributed by atoms with E-state index in [4.69, 9.17) is 13.9 Å². The first kappa shape index (κ1) is 24.2. The van der Waals surface area contributed by atoms with Crippen LogP contribution in [-0.4, -0.2) is 48.9 Å². The molecule has 7 heteroatoms. The molecule has 2 aromatic rings. The number of Topliss-reactive ketones (excluding diaryl/α,β-unsaturated/α-hetero) is 1. The Bertz CT molecular complexity index is 968. The molecule has 31 heavy (non-hydrogen) atoms. The number of ketones is 1. The summed E-state index contributed by atoms with van der Waals surface area (Å²) >= 11 is 0. The second kappa shape index (κ2) is 11.3. The van der Waals surface area contributed by atoms with E-state index in [1.54, 1.807) is 30.0 Å². The summed E-state index contributed by atoms with van der Waals surface area (Å²) in [5.74, 6) is 0.184. The maximum absolute atomic E-state index is 12.5. The van der Waals surface area contributed by atoms with Gasteiger partial charge in [0.05, 0.1) is 13.2 Å². The zero-order valence-electron chi connectivity index (χ0n) is 18.9. The number of allylic oxidation sites excluding steroid dienone is 1. The molecule has 0 bridgehead atoms. The lowest BCUT2D eigenvalue weighted by Crippen LogP contribution is -2.28. The fourth-order valence-electron chi connectivity index (χ4n) is 3.25. The lowest BCUT2D eigenvalue weighted by molar-refractivity contribution is -0.143. The van der Waals surface area contributed by atoms with Crippen molar-refractivity contribution >= 4 is 34.2 Å². The van der Waals surface area contributed by atoms with E-state index in [-0.39, 0.29) is 29.8 Å². The first-order chi connectivity index (χ1) is 14.8. The molecular formula is C24H31NO6. The van der Waals surface area contributed by atoms with Crippen LogP contribution in [-0.2, 0) is 14.3 Å². The molecule has 0 aliphatic carbocycles. The number of carbonyl (C=O) groups excluding carboxylic acids is 3. The average Bonchev–Trinajstić information content (AvgIpc) is 3.18. The second-order valence-electron chi connectivity index (χ2n) is 7.12. The van der Waals surface area contributed by atoms with Crippen molar-refractivity contribution in [2.24, 2.45) is 0 Å². The number of ether oxygens (including phenoxy) is 2. The smallest absolute Gasteiger partial charge is 0.305 e. The summed E-state index contributed by atoms with van der Waals surface area (Å²) in [5, 5.41) is 0.703. The Kier molecular flexibility index (Phi) is 8.85. The number of carbonyl (C=O) groups is 3. The molecule has 0 atom stereocenters. The highest BCUT2D eigenvalue weighted by Crippen LogP contribution is 2.35. The molecule has 0 N–H and O–H groups in total. The molecule has 0 fully saturated rings. The Morgan fingerprint density at radius 2 is 1.81 bits per heavy atom. The minimum atomic E-state index is -0.262. The van der Waals surface area contributed by atoms with Gasteiger partial charge < -0.3 is 18.8 Å². The quantitative estimate of drug-likeness (QED) is 0.224. The molecule has 7 nitrogen and oxygen atoms in total. The molecule has 0 spiro atoms. The van der Waals surface area contributed by atoms with Gasteiger partial charge in [0.25, 0.3) is 0 Å². The first-order valence-corrected chi connectivity index (χ1v) is 10.7.